The normalized spacial score (nSPS) is 11.9. The lowest BCUT2D eigenvalue weighted by molar-refractivity contribution is -0.926. The monoisotopic (exact) mass is 1420 g/mol. The Morgan fingerprint density at radius 3 is 0.752 bits per heavy atom. The summed E-state index contributed by atoms with van der Waals surface area (Å²) in [5.41, 5.74) is 1.03. The lowest BCUT2D eigenvalue weighted by Crippen LogP contribution is -2.51. The van der Waals surface area contributed by atoms with Crippen molar-refractivity contribution in [1.29, 1.82) is 0 Å². The summed E-state index contributed by atoms with van der Waals surface area (Å²) in [5, 5.41) is 0. The van der Waals surface area contributed by atoms with Gasteiger partial charge in [0.1, 0.15) is 90.3 Å². The van der Waals surface area contributed by atoms with E-state index in [4.69, 9.17) is 46.1 Å². The Balaban J connectivity index is 0.000000609. The first-order valence-electron chi connectivity index (χ1n) is 36.6. The molecule has 6 heterocycles. The molecule has 0 spiro atoms. The number of carbonyl (C=O) groups excluding carboxylic acids is 6. The molecule has 0 aliphatic rings. The summed E-state index contributed by atoms with van der Waals surface area (Å²) in [7, 11) is 12.3. The lowest BCUT2D eigenvalue weighted by atomic mass is 10.2. The van der Waals surface area contributed by atoms with Gasteiger partial charge in [0.25, 0.3) is 0 Å². The number of likely N-dealkylation sites (N-methyl/N-ethyl adjacent to an activating group) is 6. The van der Waals surface area contributed by atoms with Crippen LogP contribution in [0, 0.1) is 0 Å². The van der Waals surface area contributed by atoms with Crippen LogP contribution in [0.15, 0.2) is 128 Å². The van der Waals surface area contributed by atoms with Crippen molar-refractivity contribution in [3.63, 3.8) is 0 Å². The predicted molar refractivity (Wildman–Crippen MR) is 394 cm³/mol. The number of ether oxygens (including phenoxy) is 6. The maximum Gasteiger partial charge on any atom is 0.374 e. The minimum atomic E-state index is -0.400. The van der Waals surface area contributed by atoms with Gasteiger partial charge in [-0.3, -0.25) is 0 Å². The van der Waals surface area contributed by atoms with Crippen LogP contribution in [0.4, 0.5) is 0 Å². The second-order valence-electron chi connectivity index (χ2n) is 27.0. The van der Waals surface area contributed by atoms with Gasteiger partial charge < -0.3 is 83.0 Å². The van der Waals surface area contributed by atoms with E-state index in [1.807, 2.05) is 21.1 Å². The number of unbranched alkanes of at least 4 members (excludes halogenated alkanes) is 1. The van der Waals surface area contributed by atoms with E-state index in [-0.39, 0.29) is 52.9 Å². The van der Waals surface area contributed by atoms with Crippen molar-refractivity contribution in [2.45, 2.75) is 115 Å². The average molecular weight is 1430 g/mol. The zero-order valence-corrected chi connectivity index (χ0v) is 65.1. The van der Waals surface area contributed by atoms with Crippen molar-refractivity contribution in [2.75, 3.05) is 200 Å². The average Bonchev–Trinajstić information content (AvgIpc) is 1.30. The second-order valence-corrected chi connectivity index (χ2v) is 27.0. The number of hydrogen-bond acceptors (Lipinski definition) is 16. The molecule has 24 nitrogen and oxygen atoms in total. The highest BCUT2D eigenvalue weighted by Crippen LogP contribution is 2.15. The van der Waals surface area contributed by atoms with Gasteiger partial charge >= 0.3 is 35.8 Å². The van der Waals surface area contributed by atoms with Crippen LogP contribution < -0.4 is 0 Å². The van der Waals surface area contributed by atoms with E-state index in [1.54, 1.807) is 85.2 Å². The Hall–Kier alpha value is -7.74. The fourth-order valence-electron chi connectivity index (χ4n) is 10.9. The van der Waals surface area contributed by atoms with Crippen LogP contribution in [-0.2, 0) is 28.4 Å². The molecular weight excluding hydrogens is 1290 g/mol. The molecule has 6 rings (SSSR count). The molecule has 6 aromatic rings. The molecule has 0 aromatic carbocycles. The van der Waals surface area contributed by atoms with Crippen molar-refractivity contribution < 1.29 is 102 Å². The topological polar surface area (TPSA) is 242 Å². The number of hydrogen-bond donors (Lipinski definition) is 2. The van der Waals surface area contributed by atoms with Gasteiger partial charge in [-0.15, -0.1) is 0 Å². The van der Waals surface area contributed by atoms with Gasteiger partial charge in [0, 0.05) is 12.4 Å². The summed E-state index contributed by atoms with van der Waals surface area (Å²) in [6, 6.07) is 20.2. The highest BCUT2D eigenvalue weighted by molar-refractivity contribution is 5.88. The van der Waals surface area contributed by atoms with Gasteiger partial charge in [0.15, 0.2) is 0 Å². The fourth-order valence-corrected chi connectivity index (χ4v) is 10.9. The van der Waals surface area contributed by atoms with Gasteiger partial charge in [-0.05, 0) is 154 Å². The van der Waals surface area contributed by atoms with Gasteiger partial charge in [-0.25, -0.2) is 28.8 Å². The molecule has 0 bridgehead atoms. The molecule has 0 saturated carbocycles. The number of H-pyrrole nitrogens is 2. The summed E-state index contributed by atoms with van der Waals surface area (Å²) in [4.78, 5) is 74.8. The lowest BCUT2D eigenvalue weighted by Gasteiger charge is -2.37. The minimum Gasteiger partial charge on any atom is -0.457 e. The first-order valence-corrected chi connectivity index (χ1v) is 36.6. The van der Waals surface area contributed by atoms with E-state index in [0.29, 0.717) is 51.0 Å². The van der Waals surface area contributed by atoms with Crippen LogP contribution in [0.3, 0.4) is 0 Å². The van der Waals surface area contributed by atoms with E-state index in [2.05, 4.69) is 114 Å². The Bertz CT molecular complexity index is 2860. The highest BCUT2D eigenvalue weighted by Gasteiger charge is 2.27. The summed E-state index contributed by atoms with van der Waals surface area (Å²) in [6.45, 7) is 47.3. The first-order chi connectivity index (χ1) is 48.2. The molecule has 6 aromatic heterocycles. The van der Waals surface area contributed by atoms with Crippen molar-refractivity contribution in [3.05, 3.63) is 145 Å². The molecule has 101 heavy (non-hydrogen) atoms. The van der Waals surface area contributed by atoms with E-state index in [9.17, 15) is 28.8 Å². The Labute approximate surface area is 604 Å². The van der Waals surface area contributed by atoms with Crippen molar-refractivity contribution >= 4 is 35.8 Å². The number of furan rings is 4. The van der Waals surface area contributed by atoms with Crippen LogP contribution in [0.1, 0.15) is 178 Å². The fraction of sp³-hybridized carbons (Fsp3) is 0.610. The summed E-state index contributed by atoms with van der Waals surface area (Å²) in [6.07, 6.45) is 15.2. The zero-order valence-electron chi connectivity index (χ0n) is 65.1. The van der Waals surface area contributed by atoms with Crippen molar-refractivity contribution in [2.24, 2.45) is 0 Å². The number of nitrogens with one attached hydrogen (secondary N) is 2. The molecule has 1 unspecified atom stereocenters. The van der Waals surface area contributed by atoms with E-state index >= 15 is 0 Å². The maximum atomic E-state index is 11.7. The first kappa shape index (κ1) is 91.3. The molecule has 0 aliphatic heterocycles. The van der Waals surface area contributed by atoms with Crippen LogP contribution in [0.5, 0.6) is 0 Å². The van der Waals surface area contributed by atoms with Gasteiger partial charge in [0.05, 0.1) is 146 Å². The third kappa shape index (κ3) is 37.7. The van der Waals surface area contributed by atoms with E-state index in [0.717, 1.165) is 157 Å². The molecule has 0 saturated heterocycles. The van der Waals surface area contributed by atoms with Gasteiger partial charge in [0.2, 0.25) is 23.0 Å². The molecule has 2 N–H and O–H groups in total. The van der Waals surface area contributed by atoms with Crippen LogP contribution in [0.25, 0.3) is 0 Å². The van der Waals surface area contributed by atoms with Crippen LogP contribution in [0.2, 0.25) is 0 Å². The largest absolute Gasteiger partial charge is 0.457 e. The third-order valence-electron chi connectivity index (χ3n) is 18.2. The van der Waals surface area contributed by atoms with E-state index in [1.165, 1.54) is 44.4 Å². The number of aromatic amines is 2. The van der Waals surface area contributed by atoms with E-state index < -0.39 is 5.97 Å². The van der Waals surface area contributed by atoms with Crippen molar-refractivity contribution in [1.82, 2.24) is 9.97 Å². The number of esters is 6. The Kier molecular flexibility index (Phi) is 45.7. The quantitative estimate of drug-likeness (QED) is 0.0206. The standard InChI is InChI=1S/C16H28NO3.C15H26NO3.C13H22N2O2.C13H22NO3.C10H16N2O2.C10H16NO3/c1-4-7-11-17(6-3,10-5-2)12-14-20-16(18)15-9-8-13-19-15;1-4-9-16(6-3,10-5-2)11-13-19-15(17)14-8-7-12-18-14;1-4-15(5-2,6-3)10-11-17-13(16)12-8-7-9-14-12;1-4-14(5-2,6-3)9-11-17-13(15)12-8-7-10-16-12;1-12(2,3)7-8-14-10(13)9-5-4-6-11-9;1-11(2,3)6-8-14-10(12)9-5-4-7-13-9/h8-9,13H,4-7,10-12,14H2,1-3H3;7-8,12H,4-6,9-11,13H2,1-3H3;7-9H,4-6,10-11H2,1-3H3;7-8,10H,4-6,9,11H2,1-3H3;4-6H,7-8H2,1-3H3;4-5,7H,6,8H2,1-3H3/q2*+1;;+1;;+1/p+2. The number of nitrogens with zero attached hydrogens (tertiary/aromatic N) is 6. The number of aromatic nitrogens is 2. The molecule has 570 valence electrons. The smallest absolute Gasteiger partial charge is 0.374 e. The Morgan fingerprint density at radius 2 is 0.545 bits per heavy atom. The van der Waals surface area contributed by atoms with Crippen LogP contribution >= 0.6 is 0 Å². The molecule has 0 fully saturated rings. The number of carbonyl (C=O) groups is 6. The number of rotatable bonds is 41. The third-order valence-corrected chi connectivity index (χ3v) is 18.2. The summed E-state index contributed by atoms with van der Waals surface area (Å²) < 4.78 is 56.7. The van der Waals surface area contributed by atoms with Crippen LogP contribution in [-0.4, -0.2) is 272 Å². The molecule has 24 heteroatoms. The highest BCUT2D eigenvalue weighted by atomic mass is 16.6. The molecule has 0 amide bonds. The van der Waals surface area contributed by atoms with Gasteiger partial charge in [-0.2, -0.15) is 0 Å². The Morgan fingerprint density at radius 1 is 0.297 bits per heavy atom. The second kappa shape index (κ2) is 50.6. The predicted octanol–water partition coefficient (Wildman–Crippen LogP) is 13.0. The molecule has 1 atom stereocenters. The molecule has 0 aliphatic carbocycles. The summed E-state index contributed by atoms with van der Waals surface area (Å²) in [5.74, 6) is -0.980. The molecule has 0 radical (unpaired) electrons. The zero-order chi connectivity index (χ0) is 75.6. The SMILES string of the molecule is CCCC[N+](CC)(CCC)CCOC(=O)c1ccco1.CCC[N+](CC)(CCC)CCOC(=O)c1ccco1.CC[N+](CC)(CC)CCOC(=O)c1ccc[nH]1.CC[N+](CC)(CC)CCOC(=O)c1ccco1.C[N+](C)(C)CCOC(=O)c1ccc[nH]1.C[N+](C)(C)CCOC(=O)c1ccco1. The van der Waals surface area contributed by atoms with Crippen molar-refractivity contribution in [3.8, 4) is 0 Å². The van der Waals surface area contributed by atoms with Gasteiger partial charge in [-0.1, -0.05) is 34.1 Å². The number of quaternary nitrogens is 6. The minimum absolute atomic E-state index is 0.256. The maximum absolute atomic E-state index is 11.7. The molecular formula is C77H132N8O16+6. The summed E-state index contributed by atoms with van der Waals surface area (Å²) >= 11 is 0.